The van der Waals surface area contributed by atoms with Gasteiger partial charge in [-0.05, 0) is 25.8 Å². The van der Waals surface area contributed by atoms with E-state index in [1.54, 1.807) is 0 Å². The third-order valence-electron chi connectivity index (χ3n) is 2.55. The molecule has 0 amide bonds. The standard InChI is InChI=1S/C9H15F4N/c10-8(3-4-9(11,12)13)7-2-1-5-14-6-7/h7-8,14H,1-6H2. The Kier molecular flexibility index (Phi) is 4.16. The van der Waals surface area contributed by atoms with Crippen LogP contribution in [0.4, 0.5) is 17.6 Å². The Morgan fingerprint density at radius 2 is 2.07 bits per heavy atom. The average Bonchev–Trinajstić information content (AvgIpc) is 2.14. The van der Waals surface area contributed by atoms with Crippen molar-refractivity contribution in [3.63, 3.8) is 0 Å². The van der Waals surface area contributed by atoms with Gasteiger partial charge in [0.05, 0.1) is 0 Å². The SMILES string of the molecule is FC(CCC(F)(F)F)C1CCCNC1. The van der Waals surface area contributed by atoms with E-state index in [9.17, 15) is 17.6 Å². The van der Waals surface area contributed by atoms with Crippen LogP contribution in [0.25, 0.3) is 0 Å². The van der Waals surface area contributed by atoms with Crippen LogP contribution in [0.1, 0.15) is 25.7 Å². The molecule has 0 aromatic heterocycles. The summed E-state index contributed by atoms with van der Waals surface area (Å²) in [5.41, 5.74) is 0. The van der Waals surface area contributed by atoms with Crippen molar-refractivity contribution in [1.82, 2.24) is 5.32 Å². The monoisotopic (exact) mass is 213 g/mol. The molecular formula is C9H15F4N. The first-order valence-electron chi connectivity index (χ1n) is 4.90. The molecule has 1 N–H and O–H groups in total. The predicted octanol–water partition coefficient (Wildman–Crippen LogP) is 2.67. The molecule has 1 nitrogen and oxygen atoms in total. The number of halogens is 4. The lowest BCUT2D eigenvalue weighted by molar-refractivity contribution is -0.139. The fourth-order valence-electron chi connectivity index (χ4n) is 1.72. The van der Waals surface area contributed by atoms with Gasteiger partial charge >= 0.3 is 6.18 Å². The van der Waals surface area contributed by atoms with Gasteiger partial charge in [0, 0.05) is 18.9 Å². The molecule has 2 atom stereocenters. The number of nitrogens with one attached hydrogen (secondary N) is 1. The molecule has 0 bridgehead atoms. The summed E-state index contributed by atoms with van der Waals surface area (Å²) in [6.45, 7) is 1.36. The number of alkyl halides is 4. The largest absolute Gasteiger partial charge is 0.389 e. The van der Waals surface area contributed by atoms with Crippen LogP contribution < -0.4 is 5.32 Å². The topological polar surface area (TPSA) is 12.0 Å². The maximum Gasteiger partial charge on any atom is 0.389 e. The molecule has 1 fully saturated rings. The first kappa shape index (κ1) is 11.8. The Morgan fingerprint density at radius 1 is 1.36 bits per heavy atom. The van der Waals surface area contributed by atoms with E-state index in [1.165, 1.54) is 0 Å². The first-order valence-corrected chi connectivity index (χ1v) is 4.90. The fraction of sp³-hybridized carbons (Fsp3) is 1.00. The number of hydrogen-bond donors (Lipinski definition) is 1. The lowest BCUT2D eigenvalue weighted by Gasteiger charge is -2.26. The molecule has 1 aliphatic heterocycles. The molecule has 0 spiro atoms. The second-order valence-corrected chi connectivity index (χ2v) is 3.78. The zero-order valence-corrected chi connectivity index (χ0v) is 7.91. The van der Waals surface area contributed by atoms with Crippen molar-refractivity contribution in [1.29, 1.82) is 0 Å². The Hall–Kier alpha value is -0.320. The van der Waals surface area contributed by atoms with Gasteiger partial charge < -0.3 is 5.32 Å². The van der Waals surface area contributed by atoms with E-state index in [0.717, 1.165) is 13.0 Å². The number of hydrogen-bond acceptors (Lipinski definition) is 1. The Morgan fingerprint density at radius 3 is 2.57 bits per heavy atom. The Balaban J connectivity index is 2.23. The molecule has 1 rings (SSSR count). The summed E-state index contributed by atoms with van der Waals surface area (Å²) in [5.74, 6) is -0.230. The summed E-state index contributed by atoms with van der Waals surface area (Å²) in [6, 6.07) is 0. The summed E-state index contributed by atoms with van der Waals surface area (Å²) in [5, 5.41) is 2.99. The van der Waals surface area contributed by atoms with Gasteiger partial charge in [0.25, 0.3) is 0 Å². The minimum Gasteiger partial charge on any atom is -0.316 e. The van der Waals surface area contributed by atoms with Crippen molar-refractivity contribution < 1.29 is 17.6 Å². The van der Waals surface area contributed by atoms with Crippen LogP contribution in [-0.4, -0.2) is 25.4 Å². The molecular weight excluding hydrogens is 198 g/mol. The van der Waals surface area contributed by atoms with E-state index in [-0.39, 0.29) is 5.92 Å². The maximum absolute atomic E-state index is 13.3. The highest BCUT2D eigenvalue weighted by Crippen LogP contribution is 2.27. The lowest BCUT2D eigenvalue weighted by atomic mass is 9.92. The summed E-state index contributed by atoms with van der Waals surface area (Å²) >= 11 is 0. The summed E-state index contributed by atoms with van der Waals surface area (Å²) in [4.78, 5) is 0. The van der Waals surface area contributed by atoms with Gasteiger partial charge in [-0.25, -0.2) is 4.39 Å². The van der Waals surface area contributed by atoms with E-state index in [2.05, 4.69) is 5.32 Å². The van der Waals surface area contributed by atoms with Crippen LogP contribution in [0.3, 0.4) is 0 Å². The van der Waals surface area contributed by atoms with Crippen LogP contribution >= 0.6 is 0 Å². The van der Waals surface area contributed by atoms with Gasteiger partial charge in [-0.1, -0.05) is 0 Å². The quantitative estimate of drug-likeness (QED) is 0.711. The van der Waals surface area contributed by atoms with Crippen LogP contribution in [0.2, 0.25) is 0 Å². The third-order valence-corrected chi connectivity index (χ3v) is 2.55. The van der Waals surface area contributed by atoms with E-state index in [0.29, 0.717) is 13.0 Å². The second kappa shape index (κ2) is 4.96. The minimum atomic E-state index is -4.23. The lowest BCUT2D eigenvalue weighted by Crippen LogP contribution is -2.35. The fourth-order valence-corrected chi connectivity index (χ4v) is 1.72. The number of rotatable bonds is 3. The zero-order chi connectivity index (χ0) is 10.6. The van der Waals surface area contributed by atoms with E-state index in [1.807, 2.05) is 0 Å². The molecule has 0 aromatic rings. The average molecular weight is 213 g/mol. The molecule has 1 heterocycles. The molecule has 5 heteroatoms. The highest BCUT2D eigenvalue weighted by atomic mass is 19.4. The van der Waals surface area contributed by atoms with Crippen molar-refractivity contribution >= 4 is 0 Å². The summed E-state index contributed by atoms with van der Waals surface area (Å²) < 4.78 is 48.7. The van der Waals surface area contributed by atoms with E-state index in [4.69, 9.17) is 0 Å². The smallest absolute Gasteiger partial charge is 0.316 e. The van der Waals surface area contributed by atoms with Crippen LogP contribution in [-0.2, 0) is 0 Å². The van der Waals surface area contributed by atoms with Gasteiger partial charge in [-0.2, -0.15) is 13.2 Å². The van der Waals surface area contributed by atoms with Crippen molar-refractivity contribution in [3.8, 4) is 0 Å². The van der Waals surface area contributed by atoms with Crippen LogP contribution in [0.15, 0.2) is 0 Å². The van der Waals surface area contributed by atoms with Crippen molar-refractivity contribution in [3.05, 3.63) is 0 Å². The summed E-state index contributed by atoms with van der Waals surface area (Å²) in [6.07, 6.45) is -5.39. The van der Waals surface area contributed by atoms with E-state index < -0.39 is 25.2 Å². The second-order valence-electron chi connectivity index (χ2n) is 3.78. The van der Waals surface area contributed by atoms with Crippen LogP contribution in [0.5, 0.6) is 0 Å². The Labute approximate surface area is 80.9 Å². The maximum atomic E-state index is 13.3. The molecule has 14 heavy (non-hydrogen) atoms. The zero-order valence-electron chi connectivity index (χ0n) is 7.91. The van der Waals surface area contributed by atoms with Crippen LogP contribution in [0, 0.1) is 5.92 Å². The van der Waals surface area contributed by atoms with Gasteiger partial charge in [-0.15, -0.1) is 0 Å². The summed E-state index contributed by atoms with van der Waals surface area (Å²) in [7, 11) is 0. The Bertz CT molecular complexity index is 163. The van der Waals surface area contributed by atoms with Gasteiger partial charge in [0.15, 0.2) is 0 Å². The van der Waals surface area contributed by atoms with Crippen molar-refractivity contribution in [2.75, 3.05) is 13.1 Å². The van der Waals surface area contributed by atoms with Crippen molar-refractivity contribution in [2.45, 2.75) is 38.0 Å². The first-order chi connectivity index (χ1) is 6.49. The highest BCUT2D eigenvalue weighted by molar-refractivity contribution is 4.76. The minimum absolute atomic E-state index is 0.230. The van der Waals surface area contributed by atoms with Gasteiger partial charge in [0.1, 0.15) is 6.17 Å². The molecule has 1 saturated heterocycles. The normalized spacial score (nSPS) is 26.1. The van der Waals surface area contributed by atoms with Gasteiger partial charge in [-0.3, -0.25) is 0 Å². The molecule has 0 aromatic carbocycles. The third kappa shape index (κ3) is 4.26. The van der Waals surface area contributed by atoms with E-state index >= 15 is 0 Å². The molecule has 84 valence electrons. The molecule has 0 saturated carbocycles. The molecule has 2 unspecified atom stereocenters. The highest BCUT2D eigenvalue weighted by Gasteiger charge is 2.31. The molecule has 1 aliphatic rings. The molecule has 0 radical (unpaired) electrons. The predicted molar refractivity (Wildman–Crippen MR) is 45.8 cm³/mol. The van der Waals surface area contributed by atoms with Gasteiger partial charge in [0.2, 0.25) is 0 Å². The molecule has 0 aliphatic carbocycles. The van der Waals surface area contributed by atoms with Crippen molar-refractivity contribution in [2.24, 2.45) is 5.92 Å². The number of piperidine rings is 1.